The average Bonchev–Trinajstić information content (AvgIpc) is 2.44. The van der Waals surface area contributed by atoms with Gasteiger partial charge < -0.3 is 14.3 Å². The summed E-state index contributed by atoms with van der Waals surface area (Å²) in [6.07, 6.45) is -2.06. The van der Waals surface area contributed by atoms with Crippen LogP contribution in [0.15, 0.2) is 5.16 Å². The van der Waals surface area contributed by atoms with E-state index >= 15 is 0 Å². The van der Waals surface area contributed by atoms with E-state index in [1.807, 2.05) is 0 Å². The SMILES string of the molecule is CO/N=C\[C@@H](F)[C@H](OC(=O)C(C)(C)C)[C@@H](Br)COC(=O)C(C)(C)C. The molecule has 6 nitrogen and oxygen atoms in total. The van der Waals surface area contributed by atoms with Gasteiger partial charge in [-0.25, -0.2) is 4.39 Å². The molecule has 8 heteroatoms. The minimum Gasteiger partial charge on any atom is -0.464 e. The van der Waals surface area contributed by atoms with Crippen molar-refractivity contribution in [1.29, 1.82) is 0 Å². The molecule has 0 aliphatic rings. The van der Waals surface area contributed by atoms with Crippen LogP contribution >= 0.6 is 15.9 Å². The highest BCUT2D eigenvalue weighted by molar-refractivity contribution is 9.09. The summed E-state index contributed by atoms with van der Waals surface area (Å²) in [4.78, 5) is 27.6. The monoisotopic (exact) mass is 411 g/mol. The smallest absolute Gasteiger partial charge is 0.311 e. The van der Waals surface area contributed by atoms with E-state index in [0.29, 0.717) is 0 Å². The topological polar surface area (TPSA) is 74.2 Å². The number of ether oxygens (including phenoxy) is 2. The van der Waals surface area contributed by atoms with E-state index < -0.39 is 39.9 Å². The van der Waals surface area contributed by atoms with Gasteiger partial charge in [-0.1, -0.05) is 21.1 Å². The highest BCUT2D eigenvalue weighted by Crippen LogP contribution is 2.23. The van der Waals surface area contributed by atoms with Crippen molar-refractivity contribution in [1.82, 2.24) is 0 Å². The number of esters is 2. The second-order valence-electron chi connectivity index (χ2n) is 7.37. The van der Waals surface area contributed by atoms with Crippen LogP contribution in [0.25, 0.3) is 0 Å². The molecule has 0 aliphatic carbocycles. The molecular weight excluding hydrogens is 385 g/mol. The van der Waals surface area contributed by atoms with Gasteiger partial charge in [0, 0.05) is 0 Å². The number of hydrogen-bond donors (Lipinski definition) is 0. The number of rotatable bonds is 7. The van der Waals surface area contributed by atoms with Crippen molar-refractivity contribution in [2.45, 2.75) is 58.6 Å². The van der Waals surface area contributed by atoms with Gasteiger partial charge in [-0.05, 0) is 41.5 Å². The first-order chi connectivity index (χ1) is 10.8. The van der Waals surface area contributed by atoms with Gasteiger partial charge in [0.15, 0.2) is 12.3 Å². The molecule has 3 atom stereocenters. The molecule has 0 unspecified atom stereocenters. The summed E-state index contributed by atoms with van der Waals surface area (Å²) in [5.74, 6) is -1.01. The van der Waals surface area contributed by atoms with E-state index in [4.69, 9.17) is 9.47 Å². The Labute approximate surface area is 151 Å². The van der Waals surface area contributed by atoms with Crippen LogP contribution in [0, 0.1) is 10.8 Å². The van der Waals surface area contributed by atoms with Crippen LogP contribution in [0.3, 0.4) is 0 Å². The van der Waals surface area contributed by atoms with Crippen LogP contribution < -0.4 is 0 Å². The highest BCUT2D eigenvalue weighted by Gasteiger charge is 2.36. The first-order valence-electron chi connectivity index (χ1n) is 7.53. The Hall–Kier alpha value is -1.18. The van der Waals surface area contributed by atoms with Crippen molar-refractivity contribution in [3.8, 4) is 0 Å². The fourth-order valence-corrected chi connectivity index (χ4v) is 1.84. The van der Waals surface area contributed by atoms with Gasteiger partial charge in [-0.3, -0.25) is 9.59 Å². The number of carbonyl (C=O) groups excluding carboxylic acids is 2. The predicted octanol–water partition coefficient (Wildman–Crippen LogP) is 3.27. The molecule has 140 valence electrons. The Morgan fingerprint density at radius 1 is 1.12 bits per heavy atom. The van der Waals surface area contributed by atoms with Gasteiger partial charge in [0.2, 0.25) is 0 Å². The lowest BCUT2D eigenvalue weighted by molar-refractivity contribution is -0.162. The molecule has 0 radical (unpaired) electrons. The summed E-state index contributed by atoms with van der Waals surface area (Å²) in [5, 5.41) is 3.36. The van der Waals surface area contributed by atoms with E-state index in [1.165, 1.54) is 7.11 Å². The Morgan fingerprint density at radius 2 is 1.62 bits per heavy atom. The van der Waals surface area contributed by atoms with Crippen LogP contribution in [-0.4, -0.2) is 49.0 Å². The summed E-state index contributed by atoms with van der Waals surface area (Å²) in [6, 6.07) is 0. The quantitative estimate of drug-likeness (QED) is 0.278. The second-order valence-corrected chi connectivity index (χ2v) is 8.54. The van der Waals surface area contributed by atoms with Crippen molar-refractivity contribution < 1.29 is 28.3 Å². The molecule has 0 fully saturated rings. The van der Waals surface area contributed by atoms with Crippen LogP contribution in [0.1, 0.15) is 41.5 Å². The average molecular weight is 412 g/mol. The fourth-order valence-electron chi connectivity index (χ4n) is 1.31. The molecular formula is C16H27BrFNO5. The Balaban J connectivity index is 5.06. The normalized spacial score (nSPS) is 16.4. The van der Waals surface area contributed by atoms with Crippen molar-refractivity contribution in [3.05, 3.63) is 0 Å². The zero-order valence-electron chi connectivity index (χ0n) is 15.3. The minimum atomic E-state index is -1.73. The molecule has 0 aliphatic heterocycles. The number of halogens is 2. The van der Waals surface area contributed by atoms with Gasteiger partial charge in [0.05, 0.1) is 21.9 Å². The largest absolute Gasteiger partial charge is 0.464 e. The third kappa shape index (κ3) is 8.08. The molecule has 24 heavy (non-hydrogen) atoms. The number of hydrogen-bond acceptors (Lipinski definition) is 6. The zero-order valence-corrected chi connectivity index (χ0v) is 16.8. The molecule has 0 saturated heterocycles. The van der Waals surface area contributed by atoms with Gasteiger partial charge in [-0.2, -0.15) is 0 Å². The van der Waals surface area contributed by atoms with E-state index in [1.54, 1.807) is 41.5 Å². The summed E-state index contributed by atoms with van der Waals surface area (Å²) >= 11 is 3.23. The molecule has 0 heterocycles. The molecule has 0 N–H and O–H groups in total. The predicted molar refractivity (Wildman–Crippen MR) is 92.9 cm³/mol. The second kappa shape index (κ2) is 9.34. The first-order valence-corrected chi connectivity index (χ1v) is 8.45. The first kappa shape index (κ1) is 22.8. The number of oxime groups is 1. The molecule has 0 aromatic carbocycles. The van der Waals surface area contributed by atoms with Gasteiger partial charge in [-0.15, -0.1) is 0 Å². The Bertz CT molecular complexity index is 456. The van der Waals surface area contributed by atoms with Crippen molar-refractivity contribution in [2.24, 2.45) is 16.0 Å². The Kier molecular flexibility index (Phi) is 8.88. The zero-order chi connectivity index (χ0) is 19.1. The summed E-state index contributed by atoms with van der Waals surface area (Å²) in [5.41, 5.74) is -1.48. The maximum Gasteiger partial charge on any atom is 0.311 e. The number of alkyl halides is 2. The van der Waals surface area contributed by atoms with Crippen LogP contribution in [0.4, 0.5) is 4.39 Å². The maximum absolute atomic E-state index is 14.3. The maximum atomic E-state index is 14.3. The molecule has 0 spiro atoms. The van der Waals surface area contributed by atoms with Crippen molar-refractivity contribution >= 4 is 34.1 Å². The van der Waals surface area contributed by atoms with E-state index in [9.17, 15) is 14.0 Å². The van der Waals surface area contributed by atoms with Gasteiger partial charge in [0.25, 0.3) is 0 Å². The highest BCUT2D eigenvalue weighted by atomic mass is 79.9. The third-order valence-corrected chi connectivity index (χ3v) is 3.61. The van der Waals surface area contributed by atoms with Gasteiger partial charge >= 0.3 is 11.9 Å². The minimum absolute atomic E-state index is 0.153. The fraction of sp³-hybridized carbons (Fsp3) is 0.812. The summed E-state index contributed by atoms with van der Waals surface area (Å²) in [6.45, 7) is 9.94. The number of nitrogens with zero attached hydrogens (tertiary/aromatic N) is 1. The lowest BCUT2D eigenvalue weighted by Gasteiger charge is -2.28. The molecule has 0 amide bonds. The van der Waals surface area contributed by atoms with E-state index in [0.717, 1.165) is 6.21 Å². The number of carbonyl (C=O) groups is 2. The lowest BCUT2D eigenvalue weighted by atomic mass is 9.97. The summed E-state index contributed by atoms with van der Waals surface area (Å²) in [7, 11) is 1.27. The van der Waals surface area contributed by atoms with Gasteiger partial charge in [0.1, 0.15) is 13.7 Å². The lowest BCUT2D eigenvalue weighted by Crippen LogP contribution is -2.42. The molecule has 0 rings (SSSR count). The molecule has 0 bridgehead atoms. The molecule has 0 saturated carbocycles. The molecule has 0 aromatic heterocycles. The van der Waals surface area contributed by atoms with Crippen LogP contribution in [0.5, 0.6) is 0 Å². The summed E-state index contributed by atoms with van der Waals surface area (Å²) < 4.78 is 24.7. The standard InChI is InChI=1S/C16H27BrFNO5/c1-15(2,3)13(20)23-9-10(17)12(11(18)8-19-22-7)24-14(21)16(4,5)6/h8,10-12H,9H2,1-7H3/b19-8-/t10-,11+,12+/m0/s1. The third-order valence-electron chi connectivity index (χ3n) is 2.82. The van der Waals surface area contributed by atoms with Crippen molar-refractivity contribution in [3.63, 3.8) is 0 Å². The Morgan fingerprint density at radius 3 is 2.04 bits per heavy atom. The molecule has 0 aromatic rings. The van der Waals surface area contributed by atoms with Crippen LogP contribution in [0.2, 0.25) is 0 Å². The van der Waals surface area contributed by atoms with Crippen LogP contribution in [-0.2, 0) is 23.9 Å². The van der Waals surface area contributed by atoms with E-state index in [-0.39, 0.29) is 6.61 Å². The van der Waals surface area contributed by atoms with E-state index in [2.05, 4.69) is 25.9 Å². The van der Waals surface area contributed by atoms with Crippen molar-refractivity contribution in [2.75, 3.05) is 13.7 Å².